The van der Waals surface area contributed by atoms with E-state index < -0.39 is 41.5 Å². The van der Waals surface area contributed by atoms with Gasteiger partial charge in [0.1, 0.15) is 16.5 Å². The maximum Gasteiger partial charge on any atom is 0.398 e. The number of carbonyl (C=O) groups excluding carboxylic acids is 1. The second-order valence-electron chi connectivity index (χ2n) is 8.05. The van der Waals surface area contributed by atoms with Crippen LogP contribution in [0.15, 0.2) is 42.5 Å². The van der Waals surface area contributed by atoms with Gasteiger partial charge in [0.15, 0.2) is 0 Å². The van der Waals surface area contributed by atoms with Crippen LogP contribution in [0.3, 0.4) is 0 Å². The molecular weight excluding hydrogens is 413 g/mol. The minimum absolute atomic E-state index is 0.151. The Bertz CT molecular complexity index is 1190. The molecule has 0 atom stereocenters. The summed E-state index contributed by atoms with van der Waals surface area (Å²) in [6.45, 7) is 2.94. The molecule has 1 saturated carbocycles. The molecule has 3 aromatic heterocycles. The highest BCUT2D eigenvalue weighted by atomic mass is 19.4. The minimum atomic E-state index is -4.65. The summed E-state index contributed by atoms with van der Waals surface area (Å²) in [7, 11) is 1.76. The van der Waals surface area contributed by atoms with E-state index >= 15 is 0 Å². The lowest BCUT2D eigenvalue weighted by Gasteiger charge is -2.54. The smallest absolute Gasteiger partial charge is 0.398 e. The summed E-state index contributed by atoms with van der Waals surface area (Å²) in [5.41, 5.74) is 2.97. The fraction of sp³-hybridized carbons (Fsp3) is 0.400. The van der Waals surface area contributed by atoms with Crippen molar-refractivity contribution in [3.8, 4) is 17.1 Å². The average molecular weight is 434 g/mol. The van der Waals surface area contributed by atoms with E-state index in [2.05, 4.69) is 15.2 Å². The van der Waals surface area contributed by atoms with Gasteiger partial charge in [-0.3, -0.25) is 9.48 Å². The zero-order chi connectivity index (χ0) is 22.6. The number of nitrogens with zero attached hydrogens (tertiary/aromatic N) is 5. The SMILES string of the molecule is C/C=C(/C(N)=O)C1(C(F)(F)F)CC(C)(Oc2nc(-c3cnn(C)c3)cn3nccc23)C1. The maximum atomic E-state index is 14.0. The number of aromatic nitrogens is 5. The Balaban J connectivity index is 1.70. The van der Waals surface area contributed by atoms with Gasteiger partial charge in [0.2, 0.25) is 11.8 Å². The molecule has 1 aliphatic rings. The summed E-state index contributed by atoms with van der Waals surface area (Å²) in [5, 5.41) is 8.31. The summed E-state index contributed by atoms with van der Waals surface area (Å²) in [6.07, 6.45) is 2.18. The molecule has 0 unspecified atom stereocenters. The minimum Gasteiger partial charge on any atom is -0.470 e. The number of ether oxygens (including phenoxy) is 1. The van der Waals surface area contributed by atoms with Crippen LogP contribution in [-0.2, 0) is 11.8 Å². The Morgan fingerprint density at radius 2 is 2.00 bits per heavy atom. The number of rotatable bonds is 5. The summed E-state index contributed by atoms with van der Waals surface area (Å²) in [6, 6.07) is 1.66. The molecule has 1 amide bonds. The standard InChI is InChI=1S/C20H21F3N6O2/c1-4-13(16(24)30)19(20(21,22)23)10-18(2,11-19)31-17-15-5-6-25-29(15)9-14(27-17)12-7-26-28(3)8-12/h4-9H,10-11H2,1-3H3,(H2,24,30)/b13-4-. The van der Waals surface area contributed by atoms with Gasteiger partial charge in [0.25, 0.3) is 0 Å². The molecule has 0 aromatic carbocycles. The molecule has 8 nitrogen and oxygen atoms in total. The first kappa shape index (κ1) is 20.9. The second kappa shape index (κ2) is 6.82. The van der Waals surface area contributed by atoms with Crippen molar-refractivity contribution in [3.05, 3.63) is 42.5 Å². The van der Waals surface area contributed by atoms with Crippen molar-refractivity contribution in [2.75, 3.05) is 0 Å². The molecular formula is C20H21F3N6O2. The van der Waals surface area contributed by atoms with E-state index in [4.69, 9.17) is 10.5 Å². The van der Waals surface area contributed by atoms with E-state index in [0.29, 0.717) is 16.8 Å². The molecule has 3 heterocycles. The highest BCUT2D eigenvalue weighted by Crippen LogP contribution is 2.62. The van der Waals surface area contributed by atoms with Crippen LogP contribution in [0.25, 0.3) is 16.8 Å². The maximum absolute atomic E-state index is 14.0. The molecule has 164 valence electrons. The predicted molar refractivity (Wildman–Crippen MR) is 105 cm³/mol. The Hall–Kier alpha value is -3.37. The van der Waals surface area contributed by atoms with Gasteiger partial charge in [-0.15, -0.1) is 0 Å². The quantitative estimate of drug-likeness (QED) is 0.622. The average Bonchev–Trinajstić information content (AvgIpc) is 3.28. The number of halogens is 3. The monoisotopic (exact) mass is 434 g/mol. The van der Waals surface area contributed by atoms with Crippen molar-refractivity contribution in [2.45, 2.75) is 38.5 Å². The lowest BCUT2D eigenvalue weighted by molar-refractivity contribution is -0.272. The van der Waals surface area contributed by atoms with Crippen LogP contribution in [-0.4, -0.2) is 42.1 Å². The number of hydrogen-bond donors (Lipinski definition) is 1. The zero-order valence-corrected chi connectivity index (χ0v) is 17.1. The molecule has 2 N–H and O–H groups in total. The Morgan fingerprint density at radius 1 is 1.29 bits per heavy atom. The van der Waals surface area contributed by atoms with E-state index in [-0.39, 0.29) is 5.88 Å². The molecule has 1 fully saturated rings. The molecule has 0 aliphatic heterocycles. The van der Waals surface area contributed by atoms with Crippen LogP contribution in [0.1, 0.15) is 26.7 Å². The lowest BCUT2D eigenvalue weighted by Crippen LogP contribution is -2.62. The number of carbonyl (C=O) groups is 1. The number of hydrogen-bond acceptors (Lipinski definition) is 5. The van der Waals surface area contributed by atoms with Gasteiger partial charge in [-0.2, -0.15) is 23.4 Å². The highest BCUT2D eigenvalue weighted by Gasteiger charge is 2.70. The summed E-state index contributed by atoms with van der Waals surface area (Å²) < 4.78 is 51.1. The van der Waals surface area contributed by atoms with Crippen LogP contribution < -0.4 is 10.5 Å². The normalized spacial score (nSPS) is 24.3. The Morgan fingerprint density at radius 3 is 2.55 bits per heavy atom. The number of aryl methyl sites for hydroxylation is 1. The Labute approximate surface area is 175 Å². The number of amides is 1. The summed E-state index contributed by atoms with van der Waals surface area (Å²) >= 11 is 0. The van der Waals surface area contributed by atoms with Crippen molar-refractivity contribution < 1.29 is 22.7 Å². The first-order valence-corrected chi connectivity index (χ1v) is 9.54. The molecule has 31 heavy (non-hydrogen) atoms. The van der Waals surface area contributed by atoms with E-state index in [1.54, 1.807) is 54.0 Å². The molecule has 0 radical (unpaired) electrons. The summed E-state index contributed by atoms with van der Waals surface area (Å²) in [4.78, 5) is 16.2. The van der Waals surface area contributed by atoms with Crippen LogP contribution in [0.4, 0.5) is 13.2 Å². The first-order valence-electron chi connectivity index (χ1n) is 9.54. The van der Waals surface area contributed by atoms with Gasteiger partial charge >= 0.3 is 6.18 Å². The molecule has 4 rings (SSSR count). The predicted octanol–water partition coefficient (Wildman–Crippen LogP) is 3.04. The topological polar surface area (TPSA) is 100 Å². The Kier molecular flexibility index (Phi) is 4.60. The highest BCUT2D eigenvalue weighted by molar-refractivity contribution is 5.93. The van der Waals surface area contributed by atoms with Crippen molar-refractivity contribution in [1.29, 1.82) is 0 Å². The van der Waals surface area contributed by atoms with E-state index in [0.717, 1.165) is 6.08 Å². The van der Waals surface area contributed by atoms with E-state index in [1.165, 1.54) is 6.92 Å². The first-order chi connectivity index (χ1) is 14.5. The fourth-order valence-electron chi connectivity index (χ4n) is 4.39. The summed E-state index contributed by atoms with van der Waals surface area (Å²) in [5.74, 6) is -0.935. The zero-order valence-electron chi connectivity index (χ0n) is 17.1. The lowest BCUT2D eigenvalue weighted by atomic mass is 9.55. The van der Waals surface area contributed by atoms with Gasteiger partial charge in [-0.1, -0.05) is 6.08 Å². The third-order valence-electron chi connectivity index (χ3n) is 5.66. The van der Waals surface area contributed by atoms with E-state index in [1.807, 2.05) is 0 Å². The third kappa shape index (κ3) is 3.33. The van der Waals surface area contributed by atoms with Gasteiger partial charge in [0, 0.05) is 37.2 Å². The number of fused-ring (bicyclic) bond motifs is 1. The van der Waals surface area contributed by atoms with Crippen LogP contribution in [0, 0.1) is 5.41 Å². The van der Waals surface area contributed by atoms with Gasteiger partial charge in [-0.05, 0) is 19.9 Å². The molecule has 11 heteroatoms. The number of allylic oxidation sites excluding steroid dienone is 1. The van der Waals surface area contributed by atoms with Crippen molar-refractivity contribution in [2.24, 2.45) is 18.2 Å². The van der Waals surface area contributed by atoms with Gasteiger partial charge < -0.3 is 10.5 Å². The van der Waals surface area contributed by atoms with Gasteiger partial charge in [0.05, 0.1) is 24.3 Å². The second-order valence-corrected chi connectivity index (χ2v) is 8.05. The largest absolute Gasteiger partial charge is 0.470 e. The van der Waals surface area contributed by atoms with Crippen LogP contribution in [0.2, 0.25) is 0 Å². The molecule has 0 saturated heterocycles. The third-order valence-corrected chi connectivity index (χ3v) is 5.66. The van der Waals surface area contributed by atoms with Crippen molar-refractivity contribution in [3.63, 3.8) is 0 Å². The number of primary amides is 1. The van der Waals surface area contributed by atoms with Crippen LogP contribution >= 0.6 is 0 Å². The fourth-order valence-corrected chi connectivity index (χ4v) is 4.39. The molecule has 3 aromatic rings. The van der Waals surface area contributed by atoms with Crippen LogP contribution in [0.5, 0.6) is 5.88 Å². The molecule has 0 bridgehead atoms. The van der Waals surface area contributed by atoms with Crippen molar-refractivity contribution >= 4 is 11.4 Å². The van der Waals surface area contributed by atoms with Gasteiger partial charge in [-0.25, -0.2) is 9.50 Å². The number of nitrogens with two attached hydrogens (primary N) is 1. The van der Waals surface area contributed by atoms with Crippen molar-refractivity contribution in [1.82, 2.24) is 24.4 Å². The number of alkyl halides is 3. The molecule has 1 aliphatic carbocycles. The molecule has 0 spiro atoms. The van der Waals surface area contributed by atoms with E-state index in [9.17, 15) is 18.0 Å².